The van der Waals surface area contributed by atoms with Crippen LogP contribution in [0.5, 0.6) is 0 Å². The number of alkyl halides is 6. The highest BCUT2D eigenvalue weighted by Gasteiger charge is 2.37. The summed E-state index contributed by atoms with van der Waals surface area (Å²) in [6, 6.07) is 5.71. The number of amides is 2. The molecule has 0 fully saturated rings. The molecule has 0 bridgehead atoms. The first-order chi connectivity index (χ1) is 11.5. The van der Waals surface area contributed by atoms with Crippen molar-refractivity contribution < 1.29 is 31.1 Å². The van der Waals surface area contributed by atoms with E-state index >= 15 is 0 Å². The van der Waals surface area contributed by atoms with Gasteiger partial charge in [0.05, 0.1) is 21.8 Å². The van der Waals surface area contributed by atoms with Crippen LogP contribution >= 0.6 is 11.6 Å². The Bertz CT molecular complexity index is 756. The first-order valence-corrected chi connectivity index (χ1v) is 6.96. The van der Waals surface area contributed by atoms with Gasteiger partial charge in [0, 0.05) is 5.69 Å². The molecule has 134 valence electrons. The number of rotatable bonds is 2. The van der Waals surface area contributed by atoms with Gasteiger partial charge in [-0.25, -0.2) is 4.79 Å². The van der Waals surface area contributed by atoms with Gasteiger partial charge in [-0.2, -0.15) is 26.3 Å². The number of carbonyl (C=O) groups excluding carboxylic acids is 1. The molecule has 25 heavy (non-hydrogen) atoms. The lowest BCUT2D eigenvalue weighted by molar-refractivity contribution is -0.143. The quantitative estimate of drug-likeness (QED) is 0.612. The van der Waals surface area contributed by atoms with Gasteiger partial charge in [0.2, 0.25) is 0 Å². The molecule has 2 aromatic rings. The molecule has 3 nitrogen and oxygen atoms in total. The smallest absolute Gasteiger partial charge is 0.308 e. The van der Waals surface area contributed by atoms with Crippen LogP contribution in [0.3, 0.4) is 0 Å². The largest absolute Gasteiger partial charge is 0.416 e. The fourth-order valence-electron chi connectivity index (χ4n) is 1.87. The molecule has 0 unspecified atom stereocenters. The highest BCUT2D eigenvalue weighted by Crippen LogP contribution is 2.37. The first-order valence-electron chi connectivity index (χ1n) is 6.59. The molecule has 0 aliphatic carbocycles. The minimum Gasteiger partial charge on any atom is -0.308 e. The van der Waals surface area contributed by atoms with E-state index < -0.39 is 35.2 Å². The minimum absolute atomic E-state index is 0.0306. The fourth-order valence-corrected chi connectivity index (χ4v) is 2.06. The second-order valence-electron chi connectivity index (χ2n) is 4.85. The molecule has 0 heterocycles. The molecule has 2 N–H and O–H groups in total. The molecule has 0 radical (unpaired) electrons. The van der Waals surface area contributed by atoms with Crippen LogP contribution in [0.15, 0.2) is 42.5 Å². The Labute approximate surface area is 142 Å². The van der Waals surface area contributed by atoms with Crippen LogP contribution in [0.1, 0.15) is 11.1 Å². The van der Waals surface area contributed by atoms with Crippen LogP contribution in [-0.2, 0) is 12.4 Å². The van der Waals surface area contributed by atoms with Crippen LogP contribution < -0.4 is 10.6 Å². The summed E-state index contributed by atoms with van der Waals surface area (Å²) >= 11 is 5.80. The number of halogens is 7. The number of carbonyl (C=O) groups is 1. The zero-order chi connectivity index (χ0) is 18.8. The second-order valence-corrected chi connectivity index (χ2v) is 5.26. The van der Waals surface area contributed by atoms with E-state index in [1.807, 2.05) is 5.32 Å². The molecule has 2 aromatic carbocycles. The van der Waals surface area contributed by atoms with Crippen molar-refractivity contribution in [3.63, 3.8) is 0 Å². The second kappa shape index (κ2) is 6.83. The lowest BCUT2D eigenvalue weighted by Gasteiger charge is -2.15. The van der Waals surface area contributed by atoms with Gasteiger partial charge in [-0.05, 0) is 30.3 Å². The number of hydrogen-bond donors (Lipinski definition) is 2. The standard InChI is InChI=1S/C15H9ClF6N2O/c16-11-3-1-2-4-12(11)24-13(25)23-10-6-8(14(17,18)19)5-9(7-10)15(20,21)22/h1-7H,(H2,23,24,25). The lowest BCUT2D eigenvalue weighted by Crippen LogP contribution is -2.21. The number of para-hydroxylation sites is 1. The van der Waals surface area contributed by atoms with E-state index in [2.05, 4.69) is 5.32 Å². The average molecular weight is 383 g/mol. The van der Waals surface area contributed by atoms with Crippen LogP contribution in [0.4, 0.5) is 42.5 Å². The Morgan fingerprint density at radius 3 is 1.84 bits per heavy atom. The Balaban J connectivity index is 2.29. The molecule has 0 aromatic heterocycles. The van der Waals surface area contributed by atoms with Gasteiger partial charge in [0.25, 0.3) is 0 Å². The molecular formula is C15H9ClF6N2O. The Hall–Kier alpha value is -2.42. The van der Waals surface area contributed by atoms with E-state index in [0.29, 0.717) is 12.1 Å². The van der Waals surface area contributed by atoms with Gasteiger partial charge in [0.1, 0.15) is 0 Å². The molecule has 0 aliphatic rings. The first kappa shape index (κ1) is 18.9. The highest BCUT2D eigenvalue weighted by molar-refractivity contribution is 6.33. The fraction of sp³-hybridized carbons (Fsp3) is 0.133. The summed E-state index contributed by atoms with van der Waals surface area (Å²) in [5.74, 6) is 0. The summed E-state index contributed by atoms with van der Waals surface area (Å²) in [4.78, 5) is 11.8. The topological polar surface area (TPSA) is 41.1 Å². The van der Waals surface area contributed by atoms with Gasteiger partial charge in [-0.3, -0.25) is 0 Å². The van der Waals surface area contributed by atoms with Crippen LogP contribution in [-0.4, -0.2) is 6.03 Å². The molecular weight excluding hydrogens is 374 g/mol. The summed E-state index contributed by atoms with van der Waals surface area (Å²) in [5.41, 5.74) is -3.58. The third-order valence-corrected chi connectivity index (χ3v) is 3.30. The van der Waals surface area contributed by atoms with Crippen LogP contribution in [0.2, 0.25) is 5.02 Å². The Kier molecular flexibility index (Phi) is 5.17. The van der Waals surface area contributed by atoms with Gasteiger partial charge in [-0.15, -0.1) is 0 Å². The third kappa shape index (κ3) is 5.02. The maximum atomic E-state index is 12.8. The van der Waals surface area contributed by atoms with E-state index in [-0.39, 0.29) is 16.8 Å². The molecule has 10 heteroatoms. The van der Waals surface area contributed by atoms with Crippen molar-refractivity contribution >= 4 is 29.0 Å². The van der Waals surface area contributed by atoms with Crippen molar-refractivity contribution in [2.45, 2.75) is 12.4 Å². The zero-order valence-electron chi connectivity index (χ0n) is 12.1. The molecule has 0 aliphatic heterocycles. The minimum atomic E-state index is -5.00. The number of urea groups is 1. The molecule has 0 spiro atoms. The van der Waals surface area contributed by atoms with E-state index in [9.17, 15) is 31.1 Å². The molecule has 0 saturated heterocycles. The van der Waals surface area contributed by atoms with Crippen molar-refractivity contribution in [3.8, 4) is 0 Å². The van der Waals surface area contributed by atoms with Crippen molar-refractivity contribution in [2.75, 3.05) is 10.6 Å². The average Bonchev–Trinajstić information content (AvgIpc) is 2.47. The number of anilines is 2. The van der Waals surface area contributed by atoms with Gasteiger partial charge in [0.15, 0.2) is 0 Å². The van der Waals surface area contributed by atoms with E-state index in [1.54, 1.807) is 6.07 Å². The maximum Gasteiger partial charge on any atom is 0.416 e. The lowest BCUT2D eigenvalue weighted by atomic mass is 10.1. The highest BCUT2D eigenvalue weighted by atomic mass is 35.5. The predicted octanol–water partition coefficient (Wildman–Crippen LogP) is 6.02. The van der Waals surface area contributed by atoms with E-state index in [0.717, 1.165) is 0 Å². The van der Waals surface area contributed by atoms with Crippen molar-refractivity contribution in [2.24, 2.45) is 0 Å². The van der Waals surface area contributed by atoms with Gasteiger partial charge < -0.3 is 10.6 Å². The third-order valence-electron chi connectivity index (χ3n) is 2.97. The Morgan fingerprint density at radius 2 is 1.36 bits per heavy atom. The van der Waals surface area contributed by atoms with E-state index in [4.69, 9.17) is 11.6 Å². The molecule has 2 amide bonds. The van der Waals surface area contributed by atoms with Crippen molar-refractivity contribution in [3.05, 3.63) is 58.6 Å². The van der Waals surface area contributed by atoms with Crippen molar-refractivity contribution in [1.29, 1.82) is 0 Å². The van der Waals surface area contributed by atoms with Crippen LogP contribution in [0.25, 0.3) is 0 Å². The predicted molar refractivity (Wildman–Crippen MR) is 80.5 cm³/mol. The summed E-state index contributed by atoms with van der Waals surface area (Å²) in [7, 11) is 0. The Morgan fingerprint density at radius 1 is 0.840 bits per heavy atom. The maximum absolute atomic E-state index is 12.8. The number of nitrogens with one attached hydrogen (secondary N) is 2. The van der Waals surface area contributed by atoms with Crippen molar-refractivity contribution in [1.82, 2.24) is 0 Å². The van der Waals surface area contributed by atoms with E-state index in [1.165, 1.54) is 18.2 Å². The zero-order valence-corrected chi connectivity index (χ0v) is 12.9. The summed E-state index contributed by atoms with van der Waals surface area (Å²) in [6.45, 7) is 0. The summed E-state index contributed by atoms with van der Waals surface area (Å²) in [6.07, 6.45) is -10.0. The molecule has 0 saturated carbocycles. The number of benzene rings is 2. The summed E-state index contributed by atoms with van der Waals surface area (Å²) < 4.78 is 76.6. The van der Waals surface area contributed by atoms with Gasteiger partial charge >= 0.3 is 18.4 Å². The van der Waals surface area contributed by atoms with Crippen LogP contribution in [0, 0.1) is 0 Å². The summed E-state index contributed by atoms with van der Waals surface area (Å²) in [5, 5.41) is 4.32. The monoisotopic (exact) mass is 382 g/mol. The normalized spacial score (nSPS) is 12.0. The SMILES string of the molecule is O=C(Nc1cc(C(F)(F)F)cc(C(F)(F)F)c1)Nc1ccccc1Cl. The molecule has 2 rings (SSSR count). The number of hydrogen-bond acceptors (Lipinski definition) is 1. The van der Waals surface area contributed by atoms with Gasteiger partial charge in [-0.1, -0.05) is 23.7 Å². The molecule has 0 atom stereocenters.